The van der Waals surface area contributed by atoms with Crippen LogP contribution in [0.1, 0.15) is 17.2 Å². The molecule has 0 spiro atoms. The fraction of sp³-hybridized carbons (Fsp3) is 0.0769. The lowest BCUT2D eigenvalue weighted by molar-refractivity contribution is -0.384. The van der Waals surface area contributed by atoms with Gasteiger partial charge in [-0.25, -0.2) is 0 Å². The van der Waals surface area contributed by atoms with Gasteiger partial charge in [-0.3, -0.25) is 10.1 Å². The standard InChI is InChI=1S/C13H9BrClNO3/c14-11-7-8(16(18)19)5-6-9(11)13(17)10-3-1-2-4-12(10)15/h1-7,13,17H. The molecule has 2 aromatic rings. The first-order valence-electron chi connectivity index (χ1n) is 5.37. The van der Waals surface area contributed by atoms with Gasteiger partial charge < -0.3 is 5.11 Å². The number of nitro groups is 1. The maximum Gasteiger partial charge on any atom is 0.270 e. The molecule has 0 saturated heterocycles. The Bertz CT molecular complexity index is 633. The summed E-state index contributed by atoms with van der Waals surface area (Å²) >= 11 is 9.25. The van der Waals surface area contributed by atoms with Gasteiger partial charge in [0.25, 0.3) is 5.69 Å². The molecule has 0 aliphatic carbocycles. The highest BCUT2D eigenvalue weighted by atomic mass is 79.9. The largest absolute Gasteiger partial charge is 0.384 e. The fourth-order valence-corrected chi connectivity index (χ4v) is 2.54. The van der Waals surface area contributed by atoms with Crippen molar-refractivity contribution < 1.29 is 10.0 Å². The summed E-state index contributed by atoms with van der Waals surface area (Å²) in [7, 11) is 0. The summed E-state index contributed by atoms with van der Waals surface area (Å²) < 4.78 is 0.467. The van der Waals surface area contributed by atoms with Gasteiger partial charge in [0, 0.05) is 27.2 Å². The van der Waals surface area contributed by atoms with E-state index in [1.54, 1.807) is 24.3 Å². The van der Waals surface area contributed by atoms with Crippen LogP contribution in [-0.2, 0) is 0 Å². The number of hydrogen-bond donors (Lipinski definition) is 1. The third kappa shape index (κ3) is 2.94. The zero-order chi connectivity index (χ0) is 14.0. The number of halogens is 2. The summed E-state index contributed by atoms with van der Waals surface area (Å²) in [6.45, 7) is 0. The van der Waals surface area contributed by atoms with Crippen LogP contribution in [0.25, 0.3) is 0 Å². The minimum absolute atomic E-state index is 0.0398. The lowest BCUT2D eigenvalue weighted by atomic mass is 10.0. The second kappa shape index (κ2) is 5.69. The monoisotopic (exact) mass is 341 g/mol. The maximum absolute atomic E-state index is 10.7. The number of non-ortho nitro benzene ring substituents is 1. The van der Waals surface area contributed by atoms with Crippen molar-refractivity contribution in [3.05, 3.63) is 73.2 Å². The molecule has 1 atom stereocenters. The van der Waals surface area contributed by atoms with Crippen LogP contribution in [0.3, 0.4) is 0 Å². The van der Waals surface area contributed by atoms with Gasteiger partial charge in [-0.2, -0.15) is 0 Å². The van der Waals surface area contributed by atoms with E-state index in [9.17, 15) is 15.2 Å². The van der Waals surface area contributed by atoms with Crippen molar-refractivity contribution in [2.75, 3.05) is 0 Å². The first-order valence-corrected chi connectivity index (χ1v) is 6.54. The number of hydrogen-bond acceptors (Lipinski definition) is 3. The molecular weight excluding hydrogens is 334 g/mol. The van der Waals surface area contributed by atoms with Gasteiger partial charge >= 0.3 is 0 Å². The van der Waals surface area contributed by atoms with Crippen LogP contribution in [0.5, 0.6) is 0 Å². The zero-order valence-corrected chi connectivity index (χ0v) is 11.9. The molecular formula is C13H9BrClNO3. The van der Waals surface area contributed by atoms with Gasteiger partial charge in [0.05, 0.1) is 4.92 Å². The lowest BCUT2D eigenvalue weighted by Crippen LogP contribution is -2.02. The van der Waals surface area contributed by atoms with Crippen molar-refractivity contribution in [2.24, 2.45) is 0 Å². The first-order chi connectivity index (χ1) is 9.00. The maximum atomic E-state index is 10.7. The number of nitro benzene ring substituents is 1. The van der Waals surface area contributed by atoms with Crippen LogP contribution < -0.4 is 0 Å². The third-order valence-electron chi connectivity index (χ3n) is 2.69. The van der Waals surface area contributed by atoms with E-state index >= 15 is 0 Å². The van der Waals surface area contributed by atoms with Gasteiger partial charge in [0.2, 0.25) is 0 Å². The van der Waals surface area contributed by atoms with Gasteiger partial charge in [0.1, 0.15) is 6.10 Å². The normalized spacial score (nSPS) is 12.2. The molecule has 0 aromatic heterocycles. The number of rotatable bonds is 3. The van der Waals surface area contributed by atoms with E-state index in [1.165, 1.54) is 18.2 Å². The average molecular weight is 343 g/mol. The Kier molecular flexibility index (Phi) is 4.19. The highest BCUT2D eigenvalue weighted by molar-refractivity contribution is 9.10. The quantitative estimate of drug-likeness (QED) is 0.675. The molecule has 0 saturated carbocycles. The Labute approximate surface area is 122 Å². The van der Waals surface area contributed by atoms with E-state index < -0.39 is 11.0 Å². The molecule has 2 rings (SSSR count). The fourth-order valence-electron chi connectivity index (χ4n) is 1.72. The minimum Gasteiger partial charge on any atom is -0.384 e. The van der Waals surface area contributed by atoms with Crippen LogP contribution in [-0.4, -0.2) is 10.0 Å². The van der Waals surface area contributed by atoms with E-state index in [2.05, 4.69) is 15.9 Å². The van der Waals surface area contributed by atoms with Gasteiger partial charge in [-0.1, -0.05) is 45.7 Å². The van der Waals surface area contributed by atoms with Gasteiger partial charge in [-0.05, 0) is 17.7 Å². The predicted octanol–water partition coefficient (Wildman–Crippen LogP) is 4.09. The molecule has 0 radical (unpaired) electrons. The molecule has 0 heterocycles. The molecule has 6 heteroatoms. The Hall–Kier alpha value is -1.43. The first kappa shape index (κ1) is 14.0. The van der Waals surface area contributed by atoms with E-state index in [1.807, 2.05) is 0 Å². The molecule has 0 amide bonds. The van der Waals surface area contributed by atoms with Crippen molar-refractivity contribution in [1.29, 1.82) is 0 Å². The third-order valence-corrected chi connectivity index (χ3v) is 3.72. The summed E-state index contributed by atoms with van der Waals surface area (Å²) in [5.74, 6) is 0. The number of aliphatic hydroxyl groups excluding tert-OH is 1. The molecule has 0 fully saturated rings. The summed E-state index contributed by atoms with van der Waals surface area (Å²) in [6, 6.07) is 11.1. The minimum atomic E-state index is -0.941. The molecule has 0 aliphatic heterocycles. The summed E-state index contributed by atoms with van der Waals surface area (Å²) in [5.41, 5.74) is 1.04. The van der Waals surface area contributed by atoms with Crippen molar-refractivity contribution in [3.8, 4) is 0 Å². The van der Waals surface area contributed by atoms with Crippen LogP contribution in [0.15, 0.2) is 46.9 Å². The van der Waals surface area contributed by atoms with Crippen LogP contribution in [0, 0.1) is 10.1 Å². The van der Waals surface area contributed by atoms with E-state index in [0.29, 0.717) is 20.6 Å². The molecule has 1 N–H and O–H groups in total. The lowest BCUT2D eigenvalue weighted by Gasteiger charge is -2.14. The second-order valence-corrected chi connectivity index (χ2v) is 5.15. The summed E-state index contributed by atoms with van der Waals surface area (Å²) in [6.07, 6.45) is -0.941. The number of benzene rings is 2. The van der Waals surface area contributed by atoms with Crippen LogP contribution >= 0.6 is 27.5 Å². The molecule has 2 aromatic carbocycles. The molecule has 19 heavy (non-hydrogen) atoms. The Morgan fingerprint density at radius 1 is 1.21 bits per heavy atom. The topological polar surface area (TPSA) is 63.4 Å². The summed E-state index contributed by atoms with van der Waals surface area (Å²) in [4.78, 5) is 10.2. The predicted molar refractivity (Wildman–Crippen MR) is 76.3 cm³/mol. The molecule has 1 unspecified atom stereocenters. The van der Waals surface area contributed by atoms with E-state index in [4.69, 9.17) is 11.6 Å². The van der Waals surface area contributed by atoms with Gasteiger partial charge in [-0.15, -0.1) is 0 Å². The molecule has 4 nitrogen and oxygen atoms in total. The van der Waals surface area contributed by atoms with Crippen molar-refractivity contribution >= 4 is 33.2 Å². The van der Waals surface area contributed by atoms with Crippen molar-refractivity contribution in [3.63, 3.8) is 0 Å². The van der Waals surface area contributed by atoms with Gasteiger partial charge in [0.15, 0.2) is 0 Å². The highest BCUT2D eigenvalue weighted by Crippen LogP contribution is 2.33. The molecule has 0 bridgehead atoms. The van der Waals surface area contributed by atoms with E-state index in [0.717, 1.165) is 0 Å². The Morgan fingerprint density at radius 3 is 2.47 bits per heavy atom. The number of aliphatic hydroxyl groups is 1. The second-order valence-electron chi connectivity index (χ2n) is 3.89. The van der Waals surface area contributed by atoms with E-state index in [-0.39, 0.29) is 5.69 Å². The highest BCUT2D eigenvalue weighted by Gasteiger charge is 2.18. The Morgan fingerprint density at radius 2 is 1.89 bits per heavy atom. The summed E-state index contributed by atoms with van der Waals surface area (Å²) in [5, 5.41) is 21.4. The Balaban J connectivity index is 2.42. The molecule has 98 valence electrons. The average Bonchev–Trinajstić information content (AvgIpc) is 2.38. The van der Waals surface area contributed by atoms with Crippen LogP contribution in [0.4, 0.5) is 5.69 Å². The van der Waals surface area contributed by atoms with Crippen molar-refractivity contribution in [1.82, 2.24) is 0 Å². The molecule has 0 aliphatic rings. The number of nitrogens with zero attached hydrogens (tertiary/aromatic N) is 1. The van der Waals surface area contributed by atoms with Crippen LogP contribution in [0.2, 0.25) is 5.02 Å². The SMILES string of the molecule is O=[N+]([O-])c1ccc(C(O)c2ccccc2Cl)c(Br)c1. The van der Waals surface area contributed by atoms with Crippen molar-refractivity contribution in [2.45, 2.75) is 6.10 Å². The zero-order valence-electron chi connectivity index (χ0n) is 9.59. The smallest absolute Gasteiger partial charge is 0.270 e.